The van der Waals surface area contributed by atoms with Crippen LogP contribution in [0.25, 0.3) is 66.4 Å². The molecule has 182 valence electrons. The Labute approximate surface area is 221 Å². The third kappa shape index (κ3) is 3.59. The molecular weight excluding hydrogens is 464 g/mol. The maximum absolute atomic E-state index is 6.27. The number of nitrogens with zero attached hydrogens (tertiary/aromatic N) is 2. The van der Waals surface area contributed by atoms with Crippen LogP contribution in [0.15, 0.2) is 108 Å². The fraction of sp³-hybridized carbons (Fsp3) is 0.0857. The molecule has 0 saturated heterocycles. The summed E-state index contributed by atoms with van der Waals surface area (Å²) in [6.45, 7) is 6.33. The average molecular weight is 491 g/mol. The zero-order valence-corrected chi connectivity index (χ0v) is 21.6. The van der Waals surface area contributed by atoms with E-state index in [9.17, 15) is 0 Å². The maximum atomic E-state index is 6.27. The second-order valence-electron chi connectivity index (χ2n) is 10.0. The molecule has 3 heteroatoms. The molecule has 38 heavy (non-hydrogen) atoms. The van der Waals surface area contributed by atoms with Gasteiger partial charge in [-0.2, -0.15) is 0 Å². The van der Waals surface area contributed by atoms with E-state index in [1.54, 1.807) is 0 Å². The number of aromatic nitrogens is 2. The monoisotopic (exact) mass is 490 g/mol. The number of benzene rings is 4. The van der Waals surface area contributed by atoms with Gasteiger partial charge in [0.1, 0.15) is 5.58 Å². The molecule has 0 N–H and O–H groups in total. The number of aryl methyl sites for hydroxylation is 3. The molecule has 3 nitrogen and oxygen atoms in total. The third-order valence-corrected chi connectivity index (χ3v) is 7.57. The minimum Gasteiger partial charge on any atom is -0.437 e. The Morgan fingerprint density at radius 2 is 1.45 bits per heavy atom. The van der Waals surface area contributed by atoms with Crippen LogP contribution in [-0.4, -0.2) is 9.97 Å². The zero-order chi connectivity index (χ0) is 25.8. The fourth-order valence-corrected chi connectivity index (χ4v) is 5.52. The predicted molar refractivity (Wildman–Crippen MR) is 157 cm³/mol. The molecular formula is C35H26N2O. The molecule has 0 aliphatic rings. The molecule has 0 saturated carbocycles. The summed E-state index contributed by atoms with van der Waals surface area (Å²) < 4.78 is 6.27. The van der Waals surface area contributed by atoms with Gasteiger partial charge in [-0.3, -0.25) is 4.98 Å². The molecule has 0 atom stereocenters. The third-order valence-electron chi connectivity index (χ3n) is 7.57. The van der Waals surface area contributed by atoms with Crippen molar-refractivity contribution in [3.8, 4) is 33.5 Å². The minimum atomic E-state index is 0.667. The maximum Gasteiger partial charge on any atom is 0.227 e. The lowest BCUT2D eigenvalue weighted by atomic mass is 9.91. The predicted octanol–water partition coefficient (Wildman–Crippen LogP) is 9.46. The molecule has 0 spiro atoms. The smallest absolute Gasteiger partial charge is 0.227 e. The van der Waals surface area contributed by atoms with E-state index in [1.165, 1.54) is 38.6 Å². The van der Waals surface area contributed by atoms with Crippen LogP contribution in [0.1, 0.15) is 16.8 Å². The quantitative estimate of drug-likeness (QED) is 0.248. The summed E-state index contributed by atoms with van der Waals surface area (Å²) in [6, 6.07) is 34.3. The van der Waals surface area contributed by atoms with Gasteiger partial charge in [0.05, 0.1) is 5.69 Å². The average Bonchev–Trinajstić information content (AvgIpc) is 3.32. The summed E-state index contributed by atoms with van der Waals surface area (Å²) in [7, 11) is 0. The molecule has 3 heterocycles. The van der Waals surface area contributed by atoms with E-state index >= 15 is 0 Å². The van der Waals surface area contributed by atoms with Crippen molar-refractivity contribution in [1.82, 2.24) is 9.97 Å². The highest BCUT2D eigenvalue weighted by Gasteiger charge is 2.16. The largest absolute Gasteiger partial charge is 0.437 e. The van der Waals surface area contributed by atoms with Crippen LogP contribution < -0.4 is 0 Å². The topological polar surface area (TPSA) is 38.9 Å². The van der Waals surface area contributed by atoms with Crippen molar-refractivity contribution in [1.29, 1.82) is 0 Å². The summed E-state index contributed by atoms with van der Waals surface area (Å²) in [4.78, 5) is 9.44. The van der Waals surface area contributed by atoms with Crippen LogP contribution >= 0.6 is 0 Å². The van der Waals surface area contributed by atoms with Crippen LogP contribution in [0.2, 0.25) is 0 Å². The van der Waals surface area contributed by atoms with E-state index < -0.39 is 0 Å². The van der Waals surface area contributed by atoms with Gasteiger partial charge >= 0.3 is 0 Å². The Kier molecular flexibility index (Phi) is 5.12. The van der Waals surface area contributed by atoms with Gasteiger partial charge in [-0.25, -0.2) is 4.98 Å². The SMILES string of the molecule is Cc1ccc2c(n1)oc1c(-c3cc(-c4ccc5cc(-c6ccccc6)ccc5c4C)c(C)cn3)cccc12. The number of furan rings is 1. The lowest BCUT2D eigenvalue weighted by molar-refractivity contribution is 0.653. The highest BCUT2D eigenvalue weighted by molar-refractivity contribution is 6.08. The van der Waals surface area contributed by atoms with Gasteiger partial charge in [0.25, 0.3) is 0 Å². The van der Waals surface area contributed by atoms with E-state index in [-0.39, 0.29) is 0 Å². The van der Waals surface area contributed by atoms with Crippen molar-refractivity contribution >= 4 is 32.8 Å². The van der Waals surface area contributed by atoms with Gasteiger partial charge in [0.15, 0.2) is 0 Å². The molecule has 0 amide bonds. The molecule has 0 unspecified atom stereocenters. The molecule has 0 radical (unpaired) electrons. The van der Waals surface area contributed by atoms with Gasteiger partial charge in [-0.15, -0.1) is 0 Å². The minimum absolute atomic E-state index is 0.667. The first kappa shape index (κ1) is 22.4. The van der Waals surface area contributed by atoms with E-state index in [1.807, 2.05) is 19.2 Å². The standard InChI is InChI=1S/C35H26N2O/c1-21-20-36-33(31-11-7-10-29-30-15-12-22(2)37-35(30)38-34(29)31)19-32(21)28-17-14-26-18-25(13-16-27(26)23(28)3)24-8-5-4-6-9-24/h4-20H,1-3H3. The summed E-state index contributed by atoms with van der Waals surface area (Å²) in [5.74, 6) is 0. The van der Waals surface area contributed by atoms with Crippen molar-refractivity contribution < 1.29 is 4.42 Å². The molecule has 4 aromatic carbocycles. The van der Waals surface area contributed by atoms with Crippen LogP contribution in [-0.2, 0) is 0 Å². The van der Waals surface area contributed by atoms with Crippen molar-refractivity contribution in [2.45, 2.75) is 20.8 Å². The number of hydrogen-bond donors (Lipinski definition) is 0. The first-order valence-corrected chi connectivity index (χ1v) is 12.9. The van der Waals surface area contributed by atoms with Crippen LogP contribution in [0.4, 0.5) is 0 Å². The Morgan fingerprint density at radius 3 is 2.32 bits per heavy atom. The molecule has 0 fully saturated rings. The van der Waals surface area contributed by atoms with E-state index in [0.717, 1.165) is 38.9 Å². The number of fused-ring (bicyclic) bond motifs is 4. The van der Waals surface area contributed by atoms with E-state index in [4.69, 9.17) is 9.40 Å². The van der Waals surface area contributed by atoms with Crippen molar-refractivity contribution in [3.05, 3.63) is 120 Å². The molecule has 3 aromatic heterocycles. The van der Waals surface area contributed by atoms with Gasteiger partial charge in [0.2, 0.25) is 5.71 Å². The highest BCUT2D eigenvalue weighted by Crippen LogP contribution is 2.38. The number of para-hydroxylation sites is 1. The lowest BCUT2D eigenvalue weighted by Crippen LogP contribution is -1.93. The van der Waals surface area contributed by atoms with E-state index in [0.29, 0.717) is 5.71 Å². The fourth-order valence-electron chi connectivity index (χ4n) is 5.52. The second-order valence-corrected chi connectivity index (χ2v) is 10.0. The molecule has 0 aliphatic heterocycles. The second kappa shape index (κ2) is 8.67. The van der Waals surface area contributed by atoms with Crippen molar-refractivity contribution in [3.63, 3.8) is 0 Å². The first-order valence-electron chi connectivity index (χ1n) is 12.9. The van der Waals surface area contributed by atoms with Gasteiger partial charge in [-0.1, -0.05) is 66.7 Å². The Morgan fingerprint density at radius 1 is 0.605 bits per heavy atom. The van der Waals surface area contributed by atoms with Crippen molar-refractivity contribution in [2.24, 2.45) is 0 Å². The lowest BCUT2D eigenvalue weighted by Gasteiger charge is -2.14. The highest BCUT2D eigenvalue weighted by atomic mass is 16.3. The number of pyridine rings is 2. The zero-order valence-electron chi connectivity index (χ0n) is 21.6. The van der Waals surface area contributed by atoms with Crippen LogP contribution in [0.3, 0.4) is 0 Å². The van der Waals surface area contributed by atoms with Crippen molar-refractivity contribution in [2.75, 3.05) is 0 Å². The van der Waals surface area contributed by atoms with Gasteiger partial charge in [0, 0.05) is 28.2 Å². The molecule has 0 bridgehead atoms. The Balaban J connectivity index is 1.36. The Hall–Kier alpha value is -4.76. The summed E-state index contributed by atoms with van der Waals surface area (Å²) in [6.07, 6.45) is 1.97. The molecule has 0 aliphatic carbocycles. The van der Waals surface area contributed by atoms with Gasteiger partial charge < -0.3 is 4.42 Å². The summed E-state index contributed by atoms with van der Waals surface area (Å²) in [5, 5.41) is 4.60. The van der Waals surface area contributed by atoms with Gasteiger partial charge in [-0.05, 0) is 95.3 Å². The normalized spacial score (nSPS) is 11.6. The van der Waals surface area contributed by atoms with Crippen LogP contribution in [0.5, 0.6) is 0 Å². The number of hydrogen-bond acceptors (Lipinski definition) is 3. The Bertz CT molecular complexity index is 2000. The summed E-state index contributed by atoms with van der Waals surface area (Å²) >= 11 is 0. The number of rotatable bonds is 3. The summed E-state index contributed by atoms with van der Waals surface area (Å²) in [5.41, 5.74) is 11.6. The van der Waals surface area contributed by atoms with E-state index in [2.05, 4.69) is 110 Å². The molecule has 7 aromatic rings. The van der Waals surface area contributed by atoms with Crippen LogP contribution in [0, 0.1) is 20.8 Å². The molecule has 7 rings (SSSR count). The first-order chi connectivity index (χ1) is 18.6.